The molecule has 7 heteroatoms. The third-order valence-corrected chi connectivity index (χ3v) is 4.86. The zero-order valence-electron chi connectivity index (χ0n) is 14.2. The van der Waals surface area contributed by atoms with Crippen LogP contribution in [0.3, 0.4) is 0 Å². The minimum Gasteiger partial charge on any atom is -0.480 e. The topological polar surface area (TPSA) is 100 Å². The molecule has 4 rings (SSSR count). The van der Waals surface area contributed by atoms with E-state index in [1.54, 1.807) is 12.1 Å². The molecule has 1 aliphatic heterocycles. The quantitative estimate of drug-likeness (QED) is 0.657. The van der Waals surface area contributed by atoms with Gasteiger partial charge in [0.15, 0.2) is 0 Å². The average molecular weight is 351 g/mol. The minimum absolute atomic E-state index is 0.190. The molecular formula is C19H17N3O4. The molecule has 2 aromatic rings. The van der Waals surface area contributed by atoms with Crippen molar-refractivity contribution in [2.24, 2.45) is 0 Å². The molecule has 0 saturated carbocycles. The molecule has 2 amide bonds. The predicted octanol–water partition coefficient (Wildman–Crippen LogP) is 2.13. The van der Waals surface area contributed by atoms with Crippen LogP contribution in [0.15, 0.2) is 24.3 Å². The first-order valence-corrected chi connectivity index (χ1v) is 8.56. The van der Waals surface area contributed by atoms with Crippen molar-refractivity contribution >= 4 is 28.8 Å². The Morgan fingerprint density at radius 2 is 1.46 bits per heavy atom. The number of fused-ring (bicyclic) bond motifs is 3. The van der Waals surface area contributed by atoms with Gasteiger partial charge in [0.05, 0.1) is 33.5 Å². The smallest absolute Gasteiger partial charge is 0.326 e. The standard InChI is InChI=1S/C19H17N3O4/c1-10(19(25)26)22-17(23)11-8-15-16(9-12(11)18(22)24)21-14-7-5-3-2-4-6-13(14)20-15/h2-3,8-10H,4-7H2,1H3,(H,25,26)/b3-2-. The summed E-state index contributed by atoms with van der Waals surface area (Å²) in [5.41, 5.74) is 3.31. The number of benzene rings is 1. The number of amides is 2. The number of aromatic nitrogens is 2. The van der Waals surface area contributed by atoms with E-state index in [4.69, 9.17) is 5.11 Å². The number of aryl methyl sites for hydroxylation is 2. The fourth-order valence-corrected chi connectivity index (χ4v) is 3.42. The lowest BCUT2D eigenvalue weighted by atomic mass is 10.0. The van der Waals surface area contributed by atoms with E-state index in [1.807, 2.05) is 0 Å². The molecule has 1 unspecified atom stereocenters. The fourth-order valence-electron chi connectivity index (χ4n) is 3.42. The minimum atomic E-state index is -1.23. The Hall–Kier alpha value is -3.09. The summed E-state index contributed by atoms with van der Waals surface area (Å²) in [5, 5.41) is 9.17. The molecule has 1 aromatic heterocycles. The van der Waals surface area contributed by atoms with E-state index in [9.17, 15) is 14.4 Å². The van der Waals surface area contributed by atoms with Gasteiger partial charge in [-0.3, -0.25) is 14.5 Å². The Kier molecular flexibility index (Phi) is 3.79. The van der Waals surface area contributed by atoms with Gasteiger partial charge in [-0.15, -0.1) is 0 Å². The lowest BCUT2D eigenvalue weighted by molar-refractivity contribution is -0.140. The lowest BCUT2D eigenvalue weighted by Crippen LogP contribution is -2.42. The van der Waals surface area contributed by atoms with Crippen LogP contribution in [0.1, 0.15) is 51.9 Å². The highest BCUT2D eigenvalue weighted by Gasteiger charge is 2.41. The van der Waals surface area contributed by atoms with Crippen LogP contribution in [0.25, 0.3) is 11.0 Å². The average Bonchev–Trinajstić information content (AvgIpc) is 2.83. The van der Waals surface area contributed by atoms with Crippen molar-refractivity contribution in [3.05, 3.63) is 46.8 Å². The maximum atomic E-state index is 12.6. The fraction of sp³-hybridized carbons (Fsp3) is 0.316. The van der Waals surface area contributed by atoms with Gasteiger partial charge >= 0.3 is 5.97 Å². The molecule has 0 radical (unpaired) electrons. The van der Waals surface area contributed by atoms with Crippen LogP contribution in [-0.4, -0.2) is 43.8 Å². The van der Waals surface area contributed by atoms with Gasteiger partial charge in [0.1, 0.15) is 6.04 Å². The van der Waals surface area contributed by atoms with Crippen LogP contribution in [0.2, 0.25) is 0 Å². The summed E-state index contributed by atoms with van der Waals surface area (Å²) in [4.78, 5) is 46.5. The summed E-state index contributed by atoms with van der Waals surface area (Å²) < 4.78 is 0. The maximum absolute atomic E-state index is 12.6. The van der Waals surface area contributed by atoms with Crippen LogP contribution in [-0.2, 0) is 17.6 Å². The first-order chi connectivity index (χ1) is 12.5. The van der Waals surface area contributed by atoms with Gasteiger partial charge in [0.2, 0.25) is 0 Å². The van der Waals surface area contributed by atoms with E-state index >= 15 is 0 Å². The van der Waals surface area contributed by atoms with Crippen molar-refractivity contribution in [1.82, 2.24) is 14.9 Å². The van der Waals surface area contributed by atoms with Crippen molar-refractivity contribution in [3.8, 4) is 0 Å². The third-order valence-electron chi connectivity index (χ3n) is 4.86. The predicted molar refractivity (Wildman–Crippen MR) is 92.9 cm³/mol. The number of hydrogen-bond acceptors (Lipinski definition) is 5. The highest BCUT2D eigenvalue weighted by Crippen LogP contribution is 2.29. The number of imide groups is 1. The molecule has 1 aromatic carbocycles. The van der Waals surface area contributed by atoms with Gasteiger partial charge in [-0.1, -0.05) is 12.2 Å². The molecule has 7 nitrogen and oxygen atoms in total. The van der Waals surface area contributed by atoms with E-state index < -0.39 is 23.8 Å². The van der Waals surface area contributed by atoms with Crippen LogP contribution in [0.4, 0.5) is 0 Å². The normalized spacial score (nSPS) is 18.9. The van der Waals surface area contributed by atoms with Crippen LogP contribution in [0.5, 0.6) is 0 Å². The zero-order valence-corrected chi connectivity index (χ0v) is 14.2. The first-order valence-electron chi connectivity index (χ1n) is 8.56. The van der Waals surface area contributed by atoms with E-state index in [-0.39, 0.29) is 11.1 Å². The molecule has 132 valence electrons. The molecule has 1 N–H and O–H groups in total. The second-order valence-electron chi connectivity index (χ2n) is 6.55. The Labute approximate surface area is 149 Å². The number of nitrogens with zero attached hydrogens (tertiary/aromatic N) is 3. The summed E-state index contributed by atoms with van der Waals surface area (Å²) in [6.07, 6.45) is 7.59. The zero-order chi connectivity index (χ0) is 18.4. The second-order valence-corrected chi connectivity index (χ2v) is 6.55. The van der Waals surface area contributed by atoms with Gasteiger partial charge in [0, 0.05) is 0 Å². The number of hydrogen-bond donors (Lipinski definition) is 1. The summed E-state index contributed by atoms with van der Waals surface area (Å²) >= 11 is 0. The van der Waals surface area contributed by atoms with Crippen molar-refractivity contribution in [3.63, 3.8) is 0 Å². The molecule has 1 aliphatic carbocycles. The van der Waals surface area contributed by atoms with Gasteiger partial charge in [-0.2, -0.15) is 0 Å². The number of aliphatic carboxylic acids is 1. The summed E-state index contributed by atoms with van der Waals surface area (Å²) in [6.45, 7) is 1.32. The molecule has 26 heavy (non-hydrogen) atoms. The highest BCUT2D eigenvalue weighted by atomic mass is 16.4. The number of carbonyl (C=O) groups excluding carboxylic acids is 2. The van der Waals surface area contributed by atoms with E-state index in [1.165, 1.54) is 6.92 Å². The number of rotatable bonds is 2. The summed E-state index contributed by atoms with van der Waals surface area (Å²) in [7, 11) is 0. The molecule has 0 spiro atoms. The molecule has 2 heterocycles. The van der Waals surface area contributed by atoms with E-state index in [0.29, 0.717) is 11.0 Å². The molecule has 0 fully saturated rings. The van der Waals surface area contributed by atoms with Gasteiger partial charge in [-0.05, 0) is 44.7 Å². The van der Waals surface area contributed by atoms with Gasteiger partial charge in [0.25, 0.3) is 11.8 Å². The Morgan fingerprint density at radius 3 is 1.88 bits per heavy atom. The second kappa shape index (κ2) is 6.01. The van der Waals surface area contributed by atoms with Crippen LogP contribution >= 0.6 is 0 Å². The number of carboxylic acid groups (broad SMARTS) is 1. The maximum Gasteiger partial charge on any atom is 0.326 e. The van der Waals surface area contributed by atoms with Crippen molar-refractivity contribution in [2.75, 3.05) is 0 Å². The lowest BCUT2D eigenvalue weighted by Gasteiger charge is -2.17. The highest BCUT2D eigenvalue weighted by molar-refractivity contribution is 6.24. The molecule has 0 bridgehead atoms. The Bertz CT molecular complexity index is 927. The summed E-state index contributed by atoms with van der Waals surface area (Å²) in [5.74, 6) is -2.42. The van der Waals surface area contributed by atoms with Crippen molar-refractivity contribution < 1.29 is 19.5 Å². The Balaban J connectivity index is 1.83. The molecule has 0 saturated heterocycles. The molecular weight excluding hydrogens is 334 g/mol. The van der Waals surface area contributed by atoms with E-state index in [0.717, 1.165) is 42.0 Å². The van der Waals surface area contributed by atoms with Crippen LogP contribution < -0.4 is 0 Å². The first kappa shape index (κ1) is 16.4. The Morgan fingerprint density at radius 1 is 1.00 bits per heavy atom. The number of carbonyl (C=O) groups is 3. The molecule has 2 aliphatic rings. The van der Waals surface area contributed by atoms with Crippen molar-refractivity contribution in [2.45, 2.75) is 38.6 Å². The SMILES string of the molecule is CC(C(=O)O)N1C(=O)c2cc3nc4c(nc3cc2C1=O)CC/C=C\CC4. The monoisotopic (exact) mass is 351 g/mol. The number of allylic oxidation sites excluding steroid dienone is 2. The van der Waals surface area contributed by atoms with E-state index in [2.05, 4.69) is 22.1 Å². The van der Waals surface area contributed by atoms with Gasteiger partial charge < -0.3 is 5.11 Å². The largest absolute Gasteiger partial charge is 0.480 e. The third kappa shape index (κ3) is 2.47. The summed E-state index contributed by atoms with van der Waals surface area (Å²) in [6, 6.07) is 1.89. The van der Waals surface area contributed by atoms with Crippen LogP contribution in [0, 0.1) is 0 Å². The van der Waals surface area contributed by atoms with Crippen molar-refractivity contribution in [1.29, 1.82) is 0 Å². The molecule has 1 atom stereocenters. The van der Waals surface area contributed by atoms with Gasteiger partial charge in [-0.25, -0.2) is 14.8 Å². The number of carboxylic acids is 1.